The van der Waals surface area contributed by atoms with Crippen LogP contribution >= 0.6 is 16.8 Å². The molecule has 6 aromatic carbocycles. The molecule has 78 heavy (non-hydrogen) atoms. The van der Waals surface area contributed by atoms with Gasteiger partial charge in [-0.3, -0.25) is 0 Å². The fourth-order valence-electron chi connectivity index (χ4n) is 10.1. The van der Waals surface area contributed by atoms with E-state index in [-0.39, 0.29) is 43.3 Å². The van der Waals surface area contributed by atoms with Crippen molar-refractivity contribution in [1.82, 2.24) is 0 Å². The summed E-state index contributed by atoms with van der Waals surface area (Å²) >= 11 is 0. The van der Waals surface area contributed by atoms with Crippen molar-refractivity contribution in [2.24, 2.45) is 0 Å². The van der Waals surface area contributed by atoms with Gasteiger partial charge in [-0.05, 0) is 151 Å². The second-order valence-corrected chi connectivity index (χ2v) is 32.8. The molecule has 0 aliphatic heterocycles. The van der Waals surface area contributed by atoms with Gasteiger partial charge in [0.2, 0.25) is 0 Å². The third kappa shape index (κ3) is 16.5. The molecule has 0 bridgehead atoms. The quantitative estimate of drug-likeness (QED) is 0.128. The van der Waals surface area contributed by atoms with Crippen molar-refractivity contribution in [3.63, 3.8) is 0 Å². The Hall–Kier alpha value is -4.62. The van der Waals surface area contributed by atoms with E-state index in [4.69, 9.17) is 18.1 Å². The van der Waals surface area contributed by atoms with E-state index in [1.54, 1.807) is 0 Å². The monoisotopic (exact) mass is 1090 g/mol. The summed E-state index contributed by atoms with van der Waals surface area (Å²) < 4.78 is 27.2. The maximum Gasteiger partial charge on any atom is 0.326 e. The summed E-state index contributed by atoms with van der Waals surface area (Å²) in [7, 11) is -2.66. The molecular formula is C72H102O4P2. The first-order valence-corrected chi connectivity index (χ1v) is 31.2. The highest BCUT2D eigenvalue weighted by atomic mass is 31.2. The van der Waals surface area contributed by atoms with E-state index in [1.165, 1.54) is 72.3 Å². The minimum Gasteiger partial charge on any atom is -0.438 e. The molecule has 0 radical (unpaired) electrons. The van der Waals surface area contributed by atoms with Gasteiger partial charge in [0, 0.05) is 28.9 Å². The van der Waals surface area contributed by atoms with Crippen molar-refractivity contribution in [3.05, 3.63) is 170 Å². The molecule has 0 spiro atoms. The molecule has 1 atom stereocenters. The Morgan fingerprint density at radius 1 is 0.282 bits per heavy atom. The van der Waals surface area contributed by atoms with Crippen LogP contribution in [0.4, 0.5) is 0 Å². The molecule has 6 aromatic rings. The summed E-state index contributed by atoms with van der Waals surface area (Å²) in [6.45, 7) is 63.0. The molecule has 424 valence electrons. The van der Waals surface area contributed by atoms with Gasteiger partial charge in [0.25, 0.3) is 8.38 Å². The minimum absolute atomic E-state index is 0.0271. The molecule has 0 amide bonds. The minimum atomic E-state index is -1.50. The number of rotatable bonds is 10. The first kappa shape index (κ1) is 64.2. The summed E-state index contributed by atoms with van der Waals surface area (Å²) in [5.74, 6) is 3.65. The van der Waals surface area contributed by atoms with Crippen molar-refractivity contribution in [1.29, 1.82) is 0 Å². The number of benzene rings is 6. The van der Waals surface area contributed by atoms with E-state index in [2.05, 4.69) is 303 Å². The van der Waals surface area contributed by atoms with Crippen molar-refractivity contribution in [2.45, 2.75) is 230 Å². The molecule has 6 heteroatoms. The molecule has 0 heterocycles. The SMILES string of the molecule is Cc1cc(OP(C)Oc2cc(C)c(C(C)(C)C)cc2C(C)(C)C)c(C(C)(C)C)cc1C(C)(C)C.Cc1cc(OP(Oc2ccc(C(C)(C)C)cc2C(C)(C)C)c2ccc(-c3ccccc3)cc2)c(C(C)(C)C)cc1C(C)(C)C. The lowest BCUT2D eigenvalue weighted by molar-refractivity contribution is 0.461. The van der Waals surface area contributed by atoms with Gasteiger partial charge in [0.15, 0.2) is 0 Å². The number of hydrogen-bond acceptors (Lipinski definition) is 4. The zero-order valence-corrected chi connectivity index (χ0v) is 55.7. The lowest BCUT2D eigenvalue weighted by Gasteiger charge is -2.31. The Balaban J connectivity index is 0.000000298. The predicted octanol–water partition coefficient (Wildman–Crippen LogP) is 21.8. The Morgan fingerprint density at radius 2 is 0.590 bits per heavy atom. The molecule has 0 aliphatic rings. The first-order chi connectivity index (χ1) is 35.4. The van der Waals surface area contributed by atoms with Crippen LogP contribution in [0.1, 0.15) is 227 Å². The maximum atomic E-state index is 7.06. The summed E-state index contributed by atoms with van der Waals surface area (Å²) in [6.07, 6.45) is 0. The normalized spacial score (nSPS) is 13.4. The zero-order valence-electron chi connectivity index (χ0n) is 53.9. The third-order valence-electron chi connectivity index (χ3n) is 14.5. The molecular weight excluding hydrogens is 991 g/mol. The van der Waals surface area contributed by atoms with Crippen LogP contribution in [0.2, 0.25) is 0 Å². The average Bonchev–Trinajstić information content (AvgIpc) is 3.26. The summed E-state index contributed by atoms with van der Waals surface area (Å²) in [5, 5.41) is 1.04. The first-order valence-electron chi connectivity index (χ1n) is 28.4. The predicted molar refractivity (Wildman–Crippen MR) is 343 cm³/mol. The number of hydrogen-bond donors (Lipinski definition) is 0. The van der Waals surface area contributed by atoms with E-state index in [0.29, 0.717) is 0 Å². The fraction of sp³-hybridized carbons (Fsp3) is 0.500. The molecule has 6 rings (SSSR count). The van der Waals surface area contributed by atoms with Crippen LogP contribution < -0.4 is 23.4 Å². The van der Waals surface area contributed by atoms with E-state index in [9.17, 15) is 0 Å². The van der Waals surface area contributed by atoms with Crippen LogP contribution in [0.3, 0.4) is 0 Å². The molecule has 0 saturated heterocycles. The topological polar surface area (TPSA) is 36.9 Å². The van der Waals surface area contributed by atoms with Crippen LogP contribution in [0.5, 0.6) is 23.0 Å². The fourth-order valence-corrected chi connectivity index (χ4v) is 12.3. The average molecular weight is 1090 g/mol. The van der Waals surface area contributed by atoms with Gasteiger partial charge in [-0.15, -0.1) is 0 Å². The lowest BCUT2D eigenvalue weighted by atomic mass is 9.78. The molecule has 0 N–H and O–H groups in total. The van der Waals surface area contributed by atoms with Gasteiger partial charge in [0.1, 0.15) is 23.0 Å². The highest BCUT2D eigenvalue weighted by Gasteiger charge is 2.32. The Kier molecular flexibility index (Phi) is 19.3. The van der Waals surface area contributed by atoms with Gasteiger partial charge >= 0.3 is 8.38 Å². The smallest absolute Gasteiger partial charge is 0.326 e. The van der Waals surface area contributed by atoms with Crippen LogP contribution in [-0.2, 0) is 43.3 Å². The van der Waals surface area contributed by atoms with Crippen LogP contribution in [0.15, 0.2) is 109 Å². The van der Waals surface area contributed by atoms with Gasteiger partial charge in [0.05, 0.1) is 5.30 Å². The molecule has 0 aromatic heterocycles. The molecule has 0 aliphatic carbocycles. The van der Waals surface area contributed by atoms with E-state index < -0.39 is 16.8 Å². The summed E-state index contributed by atoms with van der Waals surface area (Å²) in [6, 6.07) is 39.6. The van der Waals surface area contributed by atoms with Crippen LogP contribution in [-0.4, -0.2) is 6.66 Å². The largest absolute Gasteiger partial charge is 0.438 e. The Labute approximate surface area is 479 Å². The van der Waals surface area contributed by atoms with Crippen molar-refractivity contribution in [2.75, 3.05) is 6.66 Å². The summed E-state index contributed by atoms with van der Waals surface area (Å²) in [5.41, 5.74) is 16.4. The molecule has 4 nitrogen and oxygen atoms in total. The Bertz CT molecular complexity index is 2910. The zero-order chi connectivity index (χ0) is 59.1. The summed E-state index contributed by atoms with van der Waals surface area (Å²) in [4.78, 5) is 0. The lowest BCUT2D eigenvalue weighted by Crippen LogP contribution is -2.20. The van der Waals surface area contributed by atoms with Crippen LogP contribution in [0, 0.1) is 20.8 Å². The highest BCUT2D eigenvalue weighted by Crippen LogP contribution is 2.50. The van der Waals surface area contributed by atoms with Crippen molar-refractivity contribution in [3.8, 4) is 34.1 Å². The highest BCUT2D eigenvalue weighted by molar-refractivity contribution is 7.56. The van der Waals surface area contributed by atoms with Gasteiger partial charge in [-0.25, -0.2) is 0 Å². The molecule has 1 unspecified atom stereocenters. The van der Waals surface area contributed by atoms with E-state index >= 15 is 0 Å². The second kappa shape index (κ2) is 23.5. The van der Waals surface area contributed by atoms with Gasteiger partial charge in [-0.1, -0.05) is 239 Å². The molecule has 0 saturated carbocycles. The maximum absolute atomic E-state index is 7.06. The standard InChI is InChI=1S/C41H53O2P.C31H49O2P/c1-28-25-37(35(41(11,12)13)27-33(28)39(5,6)7)43-44(32-22-19-30(20-23-32)29-17-15-14-16-18-29)42-36-24-21-31(38(2,3)4)26-34(36)40(8,9)10;1-20-16-26(24(30(9,10)11)18-22(20)28(3,4)5)32-34(15)33-27-17-21(2)23(29(6,7)8)19-25(27)31(12,13)14/h14-27H,1-13H3;16-19H,1-15H3. The van der Waals surface area contributed by atoms with E-state index in [0.717, 1.165) is 28.3 Å². The second-order valence-electron chi connectivity index (χ2n) is 30.2. The van der Waals surface area contributed by atoms with Crippen molar-refractivity contribution >= 4 is 22.1 Å². The number of aryl methyl sites for hydroxylation is 3. The van der Waals surface area contributed by atoms with Gasteiger partial charge in [-0.2, -0.15) is 0 Å². The van der Waals surface area contributed by atoms with Crippen LogP contribution in [0.25, 0.3) is 11.1 Å². The van der Waals surface area contributed by atoms with E-state index in [1.807, 2.05) is 0 Å². The third-order valence-corrected chi connectivity index (χ3v) is 16.8. The molecule has 0 fully saturated rings. The van der Waals surface area contributed by atoms with Gasteiger partial charge < -0.3 is 18.1 Å². The van der Waals surface area contributed by atoms with Crippen molar-refractivity contribution < 1.29 is 18.1 Å². The Morgan fingerprint density at radius 3 is 0.923 bits per heavy atom.